The van der Waals surface area contributed by atoms with Crippen LogP contribution in [0.4, 0.5) is 0 Å². The van der Waals surface area contributed by atoms with E-state index in [1.165, 1.54) is 6.20 Å². The van der Waals surface area contributed by atoms with Crippen molar-refractivity contribution in [1.29, 1.82) is 0 Å². The van der Waals surface area contributed by atoms with E-state index in [-0.39, 0.29) is 0 Å². The quantitative estimate of drug-likeness (QED) is 0.181. The van der Waals surface area contributed by atoms with E-state index < -0.39 is 0 Å². The number of azide groups is 1. The average Bonchev–Trinajstić information content (AvgIpc) is 2.60. The van der Waals surface area contributed by atoms with Crippen molar-refractivity contribution in [3.8, 4) is 11.8 Å². The predicted molar refractivity (Wildman–Crippen MR) is 104 cm³/mol. The molecule has 128 valence electrons. The van der Waals surface area contributed by atoms with Crippen LogP contribution in [0.1, 0.15) is 0 Å². The van der Waals surface area contributed by atoms with Gasteiger partial charge < -0.3 is 15.2 Å². The molecule has 2 heterocycles. The third-order valence-electron chi connectivity index (χ3n) is 2.07. The summed E-state index contributed by atoms with van der Waals surface area (Å²) in [5.74, 6) is 0.962. The van der Waals surface area contributed by atoms with Crippen LogP contribution in [0.15, 0.2) is 29.9 Å². The van der Waals surface area contributed by atoms with E-state index >= 15 is 0 Å². The zero-order chi connectivity index (χ0) is 17.6. The Hall–Kier alpha value is -1.51. The zero-order valence-corrected chi connectivity index (χ0v) is 16.7. The Morgan fingerprint density at radius 1 is 0.958 bits per heavy atom. The summed E-state index contributed by atoms with van der Waals surface area (Å²) in [6.45, 7) is 1.59. The minimum Gasteiger partial charge on any atom is -0.476 e. The van der Waals surface area contributed by atoms with Crippen LogP contribution < -0.4 is 15.2 Å². The van der Waals surface area contributed by atoms with Gasteiger partial charge in [-0.3, -0.25) is 0 Å². The third-order valence-corrected chi connectivity index (χ3v) is 3.18. The maximum atomic E-state index is 7.97. The molecule has 0 aliphatic heterocycles. The molecular formula is C12H14I2N8O2. The molecule has 0 bridgehead atoms. The topological polar surface area (TPSA) is 145 Å². The van der Waals surface area contributed by atoms with Crippen LogP contribution in [-0.2, 0) is 0 Å². The van der Waals surface area contributed by atoms with E-state index in [0.29, 0.717) is 38.1 Å². The highest BCUT2D eigenvalue weighted by Gasteiger charge is 1.95. The molecule has 24 heavy (non-hydrogen) atoms. The molecule has 2 aromatic heterocycles. The molecule has 0 fully saturated rings. The summed E-state index contributed by atoms with van der Waals surface area (Å²) in [5, 5.41) is 3.31. The van der Waals surface area contributed by atoms with Crippen molar-refractivity contribution in [3.05, 3.63) is 42.6 Å². The van der Waals surface area contributed by atoms with Gasteiger partial charge in [0, 0.05) is 11.5 Å². The Balaban J connectivity index is 0.000000243. The van der Waals surface area contributed by atoms with E-state index in [1.807, 2.05) is 0 Å². The fraction of sp³-hybridized carbons (Fsp3) is 0.333. The van der Waals surface area contributed by atoms with Crippen LogP contribution in [-0.4, -0.2) is 46.2 Å². The molecule has 0 aliphatic rings. The molecule has 0 radical (unpaired) electrons. The van der Waals surface area contributed by atoms with Crippen molar-refractivity contribution in [2.75, 3.05) is 26.3 Å². The lowest BCUT2D eigenvalue weighted by molar-refractivity contribution is 0.313. The first kappa shape index (κ1) is 20.5. The Morgan fingerprint density at radius 2 is 1.50 bits per heavy atom. The molecule has 0 unspecified atom stereocenters. The number of nitrogens with zero attached hydrogens (tertiary/aromatic N) is 7. The van der Waals surface area contributed by atoms with Crippen LogP contribution >= 0.6 is 45.2 Å². The van der Waals surface area contributed by atoms with E-state index in [4.69, 9.17) is 20.7 Å². The summed E-state index contributed by atoms with van der Waals surface area (Å²) in [4.78, 5) is 18.5. The van der Waals surface area contributed by atoms with Gasteiger partial charge in [-0.15, -0.1) is 0 Å². The first-order valence-corrected chi connectivity index (χ1v) is 8.73. The number of halogens is 2. The van der Waals surface area contributed by atoms with Gasteiger partial charge in [0.1, 0.15) is 14.0 Å². The van der Waals surface area contributed by atoms with Crippen molar-refractivity contribution in [2.24, 2.45) is 10.8 Å². The monoisotopic (exact) mass is 556 g/mol. The second kappa shape index (κ2) is 12.9. The van der Waals surface area contributed by atoms with Gasteiger partial charge in [0.15, 0.2) is 0 Å². The molecule has 12 heteroatoms. The lowest BCUT2D eigenvalue weighted by Gasteiger charge is -2.00. The number of hydrogen-bond acceptors (Lipinski definition) is 8. The molecule has 0 spiro atoms. The molecule has 0 aromatic carbocycles. The number of rotatable bonds is 7. The predicted octanol–water partition coefficient (Wildman–Crippen LogP) is 2.19. The molecule has 0 saturated heterocycles. The molecule has 2 rings (SSSR count). The Kier molecular flexibility index (Phi) is 11.0. The minimum atomic E-state index is 0.296. The lowest BCUT2D eigenvalue weighted by Crippen LogP contribution is -2.11. The van der Waals surface area contributed by atoms with Gasteiger partial charge in [-0.2, -0.15) is 0 Å². The van der Waals surface area contributed by atoms with Gasteiger partial charge in [-0.05, 0) is 50.7 Å². The summed E-state index contributed by atoms with van der Waals surface area (Å²) < 4.78 is 11.9. The normalized spacial score (nSPS) is 9.29. The summed E-state index contributed by atoms with van der Waals surface area (Å²) in [6.07, 6.45) is 6.35. The van der Waals surface area contributed by atoms with Gasteiger partial charge in [0.2, 0.25) is 11.8 Å². The largest absolute Gasteiger partial charge is 0.476 e. The number of aromatic nitrogens is 4. The van der Waals surface area contributed by atoms with Gasteiger partial charge in [0.25, 0.3) is 0 Å². The Labute approximate surface area is 165 Å². The molecular weight excluding hydrogens is 542 g/mol. The van der Waals surface area contributed by atoms with Crippen molar-refractivity contribution in [1.82, 2.24) is 19.9 Å². The highest BCUT2D eigenvalue weighted by Crippen LogP contribution is 2.05. The second-order valence-electron chi connectivity index (χ2n) is 3.79. The van der Waals surface area contributed by atoms with Crippen LogP contribution in [0.2, 0.25) is 0 Å². The maximum Gasteiger partial charge on any atom is 0.232 e. The fourth-order valence-corrected chi connectivity index (χ4v) is 1.71. The van der Waals surface area contributed by atoms with Crippen LogP contribution in [0, 0.1) is 7.40 Å². The molecule has 2 N–H and O–H groups in total. The first-order valence-electron chi connectivity index (χ1n) is 6.57. The van der Waals surface area contributed by atoms with Crippen LogP contribution in [0.5, 0.6) is 11.8 Å². The molecule has 0 amide bonds. The van der Waals surface area contributed by atoms with E-state index in [0.717, 1.165) is 7.40 Å². The van der Waals surface area contributed by atoms with E-state index in [2.05, 4.69) is 75.1 Å². The SMILES string of the molecule is NCCOc1cnc(I)cn1.[N-]=[N+]=NCCOc1cnc(I)cn1. The highest BCUT2D eigenvalue weighted by molar-refractivity contribution is 14.1. The van der Waals surface area contributed by atoms with Crippen molar-refractivity contribution in [3.63, 3.8) is 0 Å². The van der Waals surface area contributed by atoms with E-state index in [1.54, 1.807) is 18.6 Å². The Morgan fingerprint density at radius 3 is 1.92 bits per heavy atom. The molecule has 0 aliphatic carbocycles. The number of ether oxygens (including phenoxy) is 2. The van der Waals surface area contributed by atoms with Crippen molar-refractivity contribution < 1.29 is 9.47 Å². The van der Waals surface area contributed by atoms with Gasteiger partial charge in [-0.1, -0.05) is 5.11 Å². The van der Waals surface area contributed by atoms with Gasteiger partial charge in [0.05, 0.1) is 37.9 Å². The standard InChI is InChI=1S/C6H6IN5O.C6H8IN3O/c7-5-3-10-6(4-9-5)13-2-1-11-12-8;7-5-3-10-6(4-9-5)11-2-1-8/h3-4H,1-2H2;3-4H,1-2,8H2. The third kappa shape index (κ3) is 9.59. The van der Waals surface area contributed by atoms with Gasteiger partial charge in [-0.25, -0.2) is 19.9 Å². The zero-order valence-electron chi connectivity index (χ0n) is 12.4. The maximum absolute atomic E-state index is 7.97. The van der Waals surface area contributed by atoms with Crippen molar-refractivity contribution >= 4 is 45.2 Å². The fourth-order valence-electron chi connectivity index (χ4n) is 1.15. The second-order valence-corrected chi connectivity index (χ2v) is 6.01. The van der Waals surface area contributed by atoms with Gasteiger partial charge >= 0.3 is 0 Å². The van der Waals surface area contributed by atoms with Crippen LogP contribution in [0.25, 0.3) is 10.4 Å². The first-order chi connectivity index (χ1) is 11.7. The number of nitrogens with two attached hydrogens (primary N) is 1. The minimum absolute atomic E-state index is 0.296. The summed E-state index contributed by atoms with van der Waals surface area (Å²) in [6, 6.07) is 0. The van der Waals surface area contributed by atoms with Crippen molar-refractivity contribution in [2.45, 2.75) is 0 Å². The van der Waals surface area contributed by atoms with E-state index in [9.17, 15) is 0 Å². The highest BCUT2D eigenvalue weighted by atomic mass is 127. The summed E-state index contributed by atoms with van der Waals surface area (Å²) in [5.41, 5.74) is 13.2. The smallest absolute Gasteiger partial charge is 0.232 e. The van der Waals surface area contributed by atoms with Crippen LogP contribution in [0.3, 0.4) is 0 Å². The Bertz CT molecular complexity index is 635. The molecule has 2 aromatic rings. The summed E-state index contributed by atoms with van der Waals surface area (Å²) >= 11 is 4.13. The molecule has 0 atom stereocenters. The average molecular weight is 556 g/mol. The molecule has 10 nitrogen and oxygen atoms in total. The molecule has 0 saturated carbocycles. The lowest BCUT2D eigenvalue weighted by atomic mass is 10.7. The number of hydrogen-bond donors (Lipinski definition) is 1. The summed E-state index contributed by atoms with van der Waals surface area (Å²) in [7, 11) is 0.